The number of alkyl halides is 3. The number of carbonyl (C=O) groups is 1. The van der Waals surface area contributed by atoms with E-state index >= 15 is 0 Å². The van der Waals surface area contributed by atoms with Gasteiger partial charge in [-0.15, -0.1) is 15.3 Å². The number of rotatable bonds is 2. The second-order valence-corrected chi connectivity index (χ2v) is 6.61. The van der Waals surface area contributed by atoms with Crippen molar-refractivity contribution >= 4 is 17.4 Å². The first-order valence-electron chi connectivity index (χ1n) is 7.87. The SMILES string of the molecule is Cc1c(N2CC(C)CC(C(=O)O)C2)nn2c(C(F)(F)F)nnc2c1C. The molecule has 7 nitrogen and oxygen atoms in total. The van der Waals surface area contributed by atoms with Gasteiger partial charge in [-0.1, -0.05) is 6.92 Å². The number of aromatic nitrogens is 4. The molecular formula is C15H18F3N5O2. The summed E-state index contributed by atoms with van der Waals surface area (Å²) in [7, 11) is 0. The highest BCUT2D eigenvalue weighted by Crippen LogP contribution is 2.32. The lowest BCUT2D eigenvalue weighted by molar-refractivity contribution is -0.146. The number of carboxylic acid groups (broad SMARTS) is 1. The number of carboxylic acids is 1. The number of anilines is 1. The molecule has 0 aliphatic carbocycles. The normalized spacial score (nSPS) is 21.8. The van der Waals surface area contributed by atoms with E-state index in [4.69, 9.17) is 0 Å². The number of nitrogens with zero attached hydrogens (tertiary/aromatic N) is 5. The number of piperidine rings is 1. The molecule has 2 atom stereocenters. The summed E-state index contributed by atoms with van der Waals surface area (Å²) in [6.07, 6.45) is -4.14. The number of aryl methyl sites for hydroxylation is 1. The Bertz CT molecular complexity index is 833. The Kier molecular flexibility index (Phi) is 4.08. The van der Waals surface area contributed by atoms with Gasteiger partial charge in [-0.05, 0) is 26.2 Å². The highest BCUT2D eigenvalue weighted by atomic mass is 19.4. The predicted molar refractivity (Wildman–Crippen MR) is 82.4 cm³/mol. The van der Waals surface area contributed by atoms with E-state index in [1.165, 1.54) is 0 Å². The van der Waals surface area contributed by atoms with Crippen LogP contribution in [0.5, 0.6) is 0 Å². The quantitative estimate of drug-likeness (QED) is 0.888. The van der Waals surface area contributed by atoms with Crippen molar-refractivity contribution in [1.29, 1.82) is 0 Å². The van der Waals surface area contributed by atoms with Crippen molar-refractivity contribution in [3.8, 4) is 0 Å². The molecule has 0 bridgehead atoms. The minimum atomic E-state index is -4.68. The average Bonchev–Trinajstić information content (AvgIpc) is 2.94. The largest absolute Gasteiger partial charge is 0.481 e. The lowest BCUT2D eigenvalue weighted by Gasteiger charge is -2.36. The van der Waals surface area contributed by atoms with Gasteiger partial charge in [0.2, 0.25) is 0 Å². The van der Waals surface area contributed by atoms with Crippen LogP contribution in [0.15, 0.2) is 0 Å². The zero-order chi connectivity index (χ0) is 18.5. The molecule has 1 fully saturated rings. The van der Waals surface area contributed by atoms with Gasteiger partial charge in [0, 0.05) is 24.2 Å². The van der Waals surface area contributed by atoms with Gasteiger partial charge >= 0.3 is 12.1 Å². The van der Waals surface area contributed by atoms with E-state index in [-0.39, 0.29) is 18.1 Å². The number of fused-ring (bicyclic) bond motifs is 1. The lowest BCUT2D eigenvalue weighted by Crippen LogP contribution is -2.43. The van der Waals surface area contributed by atoms with Crippen LogP contribution in [0.4, 0.5) is 19.0 Å². The van der Waals surface area contributed by atoms with Crippen molar-refractivity contribution in [3.05, 3.63) is 17.0 Å². The van der Waals surface area contributed by atoms with Crippen LogP contribution in [0.3, 0.4) is 0 Å². The van der Waals surface area contributed by atoms with Gasteiger partial charge in [-0.3, -0.25) is 4.79 Å². The fraction of sp³-hybridized carbons (Fsp3) is 0.600. The first-order valence-corrected chi connectivity index (χ1v) is 7.87. The van der Waals surface area contributed by atoms with Gasteiger partial charge in [0.25, 0.3) is 5.82 Å². The van der Waals surface area contributed by atoms with Gasteiger partial charge in [0.15, 0.2) is 11.5 Å². The summed E-state index contributed by atoms with van der Waals surface area (Å²) in [4.78, 5) is 13.1. The van der Waals surface area contributed by atoms with Crippen LogP contribution in [0.1, 0.15) is 30.3 Å². The van der Waals surface area contributed by atoms with Gasteiger partial charge < -0.3 is 10.0 Å². The molecule has 0 aromatic carbocycles. The predicted octanol–water partition coefficient (Wildman–Crippen LogP) is 2.31. The summed E-state index contributed by atoms with van der Waals surface area (Å²) in [5.41, 5.74) is 1.26. The van der Waals surface area contributed by atoms with Gasteiger partial charge in [0.05, 0.1) is 5.92 Å². The molecule has 2 aromatic heterocycles. The third-order valence-electron chi connectivity index (χ3n) is 4.63. The zero-order valence-electron chi connectivity index (χ0n) is 14.0. The molecule has 1 aliphatic heterocycles. The average molecular weight is 357 g/mol. The highest BCUT2D eigenvalue weighted by molar-refractivity contribution is 5.71. The first-order chi connectivity index (χ1) is 11.6. The van der Waals surface area contributed by atoms with Crippen LogP contribution in [-0.2, 0) is 11.0 Å². The standard InChI is InChI=1S/C15H18F3N5O2/c1-7-4-10(13(24)25)6-22(5-7)12-9(3)8(2)11-19-20-14(15(16,17)18)23(11)21-12/h7,10H,4-6H2,1-3H3,(H,24,25). The lowest BCUT2D eigenvalue weighted by atomic mass is 9.90. The smallest absolute Gasteiger partial charge is 0.453 e. The summed E-state index contributed by atoms with van der Waals surface area (Å²) in [6, 6.07) is 0. The maximum atomic E-state index is 13.1. The Hall–Kier alpha value is -2.39. The van der Waals surface area contributed by atoms with Crippen LogP contribution in [0, 0.1) is 25.7 Å². The fourth-order valence-corrected chi connectivity index (χ4v) is 3.29. The summed E-state index contributed by atoms with van der Waals surface area (Å²) < 4.78 is 40.1. The molecule has 2 aromatic rings. The zero-order valence-corrected chi connectivity index (χ0v) is 14.0. The van der Waals surface area contributed by atoms with Crippen LogP contribution in [-0.4, -0.2) is 44.0 Å². The van der Waals surface area contributed by atoms with E-state index in [1.807, 2.05) is 6.92 Å². The number of aliphatic carboxylic acids is 1. The number of hydrogen-bond acceptors (Lipinski definition) is 5. The summed E-state index contributed by atoms with van der Waals surface area (Å²) in [6.45, 7) is 6.07. The Morgan fingerprint density at radius 1 is 1.20 bits per heavy atom. The highest BCUT2D eigenvalue weighted by Gasteiger charge is 2.39. The molecule has 1 N–H and O–H groups in total. The minimum absolute atomic E-state index is 0.0495. The molecule has 3 heterocycles. The van der Waals surface area contributed by atoms with Gasteiger partial charge in [0.1, 0.15) is 0 Å². The Morgan fingerprint density at radius 3 is 2.48 bits per heavy atom. The Morgan fingerprint density at radius 2 is 1.88 bits per heavy atom. The van der Waals surface area contributed by atoms with Gasteiger partial charge in [-0.25, -0.2) is 0 Å². The van der Waals surface area contributed by atoms with Gasteiger partial charge in [-0.2, -0.15) is 17.7 Å². The molecule has 0 spiro atoms. The van der Waals surface area contributed by atoms with Crippen molar-refractivity contribution in [2.24, 2.45) is 11.8 Å². The number of halogens is 3. The van der Waals surface area contributed by atoms with Crippen molar-refractivity contribution < 1.29 is 23.1 Å². The molecule has 2 unspecified atom stereocenters. The second-order valence-electron chi connectivity index (χ2n) is 6.61. The molecule has 0 radical (unpaired) electrons. The molecule has 0 saturated carbocycles. The molecule has 1 saturated heterocycles. The molecule has 0 amide bonds. The van der Waals surface area contributed by atoms with E-state index in [1.54, 1.807) is 18.7 Å². The van der Waals surface area contributed by atoms with E-state index in [0.29, 0.717) is 34.4 Å². The van der Waals surface area contributed by atoms with Crippen LogP contribution in [0.25, 0.3) is 5.65 Å². The van der Waals surface area contributed by atoms with E-state index < -0.39 is 23.9 Å². The Labute approximate surface area is 141 Å². The maximum Gasteiger partial charge on any atom is 0.453 e. The first kappa shape index (κ1) is 17.4. The fourth-order valence-electron chi connectivity index (χ4n) is 3.29. The maximum absolute atomic E-state index is 13.1. The number of hydrogen-bond donors (Lipinski definition) is 1. The molecular weight excluding hydrogens is 339 g/mol. The minimum Gasteiger partial charge on any atom is -0.481 e. The second kappa shape index (κ2) is 5.85. The summed E-state index contributed by atoms with van der Waals surface area (Å²) >= 11 is 0. The van der Waals surface area contributed by atoms with Crippen molar-refractivity contribution in [1.82, 2.24) is 19.8 Å². The van der Waals surface area contributed by atoms with E-state index in [9.17, 15) is 23.1 Å². The van der Waals surface area contributed by atoms with Crippen molar-refractivity contribution in [2.75, 3.05) is 18.0 Å². The van der Waals surface area contributed by atoms with E-state index in [0.717, 1.165) is 0 Å². The summed E-state index contributed by atoms with van der Waals surface area (Å²) in [5.74, 6) is -2.24. The molecule has 25 heavy (non-hydrogen) atoms. The monoisotopic (exact) mass is 357 g/mol. The molecule has 3 rings (SSSR count). The molecule has 10 heteroatoms. The molecule has 1 aliphatic rings. The van der Waals surface area contributed by atoms with E-state index in [2.05, 4.69) is 15.3 Å². The van der Waals surface area contributed by atoms with Crippen LogP contribution < -0.4 is 4.90 Å². The van der Waals surface area contributed by atoms with Crippen LogP contribution >= 0.6 is 0 Å². The summed E-state index contributed by atoms with van der Waals surface area (Å²) in [5, 5.41) is 20.3. The van der Waals surface area contributed by atoms with Crippen LogP contribution in [0.2, 0.25) is 0 Å². The third kappa shape index (κ3) is 3.00. The Balaban J connectivity index is 2.12. The topological polar surface area (TPSA) is 83.6 Å². The van der Waals surface area contributed by atoms with Crippen molar-refractivity contribution in [3.63, 3.8) is 0 Å². The third-order valence-corrected chi connectivity index (χ3v) is 4.63. The van der Waals surface area contributed by atoms with Crippen molar-refractivity contribution in [2.45, 2.75) is 33.4 Å². The molecule has 136 valence electrons.